The van der Waals surface area contributed by atoms with Crippen LogP contribution >= 0.6 is 15.9 Å². The summed E-state index contributed by atoms with van der Waals surface area (Å²) in [5.74, 6) is -1.17. The van der Waals surface area contributed by atoms with Crippen molar-refractivity contribution < 1.29 is 19.4 Å². The number of rotatable bonds is 3. The molecule has 1 heterocycles. The molecule has 0 aromatic carbocycles. The highest BCUT2D eigenvalue weighted by atomic mass is 79.9. The third kappa shape index (κ3) is 3.87. The first-order valence-corrected chi connectivity index (χ1v) is 6.29. The van der Waals surface area contributed by atoms with E-state index in [2.05, 4.69) is 15.9 Å². The van der Waals surface area contributed by atoms with E-state index in [1.807, 2.05) is 20.8 Å². The van der Waals surface area contributed by atoms with Gasteiger partial charge in [-0.05, 0) is 39.9 Å². The second-order valence-electron chi connectivity index (χ2n) is 5.11. The highest BCUT2D eigenvalue weighted by molar-refractivity contribution is 9.10. The molecule has 0 saturated carbocycles. The minimum Gasteiger partial charge on any atom is -0.477 e. The van der Waals surface area contributed by atoms with Crippen LogP contribution in [0.5, 0.6) is 0 Å². The number of carbonyl (C=O) groups excluding carboxylic acids is 1. The molecule has 1 aromatic heterocycles. The molecule has 0 atom stereocenters. The summed E-state index contributed by atoms with van der Waals surface area (Å²) in [7, 11) is 0. The zero-order valence-electron chi connectivity index (χ0n) is 10.6. The van der Waals surface area contributed by atoms with Gasteiger partial charge in [0.05, 0.1) is 11.2 Å². The van der Waals surface area contributed by atoms with Gasteiger partial charge in [0.25, 0.3) is 0 Å². The van der Waals surface area contributed by atoms with Crippen LogP contribution in [0.25, 0.3) is 0 Å². The van der Waals surface area contributed by atoms with E-state index in [0.717, 1.165) is 4.57 Å². The fraction of sp³-hybridized carbons (Fsp3) is 0.500. The fourth-order valence-corrected chi connectivity index (χ4v) is 1.74. The monoisotopic (exact) mass is 317 g/mol. The molecule has 1 aromatic rings. The van der Waals surface area contributed by atoms with Gasteiger partial charge in [0.2, 0.25) is 0 Å². The molecule has 0 fully saturated rings. The number of carboxylic acid groups (broad SMARTS) is 1. The standard InChI is InChI=1S/C12H16BrNO4/c1-12(2,3)6-7-18-11(17)14-8(10(15)16)4-5-9(14)13/h4-5H,6-7H2,1-3H3,(H,15,16). The van der Waals surface area contributed by atoms with Gasteiger partial charge in [0.15, 0.2) is 0 Å². The number of hydrogen-bond donors (Lipinski definition) is 1. The molecule has 5 nitrogen and oxygen atoms in total. The van der Waals surface area contributed by atoms with Crippen molar-refractivity contribution in [1.82, 2.24) is 4.57 Å². The third-order valence-corrected chi connectivity index (χ3v) is 2.93. The van der Waals surface area contributed by atoms with Crippen molar-refractivity contribution in [1.29, 1.82) is 0 Å². The Morgan fingerprint density at radius 1 is 1.39 bits per heavy atom. The molecule has 0 radical (unpaired) electrons. The molecule has 100 valence electrons. The summed E-state index contributed by atoms with van der Waals surface area (Å²) in [6.45, 7) is 6.37. The maximum atomic E-state index is 11.8. The summed E-state index contributed by atoms with van der Waals surface area (Å²) in [4.78, 5) is 22.7. The van der Waals surface area contributed by atoms with Gasteiger partial charge < -0.3 is 9.84 Å². The maximum absolute atomic E-state index is 11.8. The van der Waals surface area contributed by atoms with E-state index in [9.17, 15) is 9.59 Å². The van der Waals surface area contributed by atoms with E-state index in [1.165, 1.54) is 12.1 Å². The minimum atomic E-state index is -1.17. The van der Waals surface area contributed by atoms with Crippen molar-refractivity contribution in [3.63, 3.8) is 0 Å². The van der Waals surface area contributed by atoms with Gasteiger partial charge in [0, 0.05) is 0 Å². The quantitative estimate of drug-likeness (QED) is 0.928. The van der Waals surface area contributed by atoms with Crippen LogP contribution in [0.3, 0.4) is 0 Å². The largest absolute Gasteiger partial charge is 0.477 e. The van der Waals surface area contributed by atoms with Gasteiger partial charge in [-0.1, -0.05) is 20.8 Å². The lowest BCUT2D eigenvalue weighted by atomic mass is 9.93. The Bertz CT molecular complexity index is 459. The molecular weight excluding hydrogens is 302 g/mol. The first kappa shape index (κ1) is 14.8. The van der Waals surface area contributed by atoms with E-state index in [-0.39, 0.29) is 17.7 Å². The Kier molecular flexibility index (Phi) is 4.56. The molecule has 0 unspecified atom stereocenters. The van der Waals surface area contributed by atoms with Crippen LogP contribution in [-0.2, 0) is 4.74 Å². The average Bonchev–Trinajstić information content (AvgIpc) is 2.58. The van der Waals surface area contributed by atoms with Crippen molar-refractivity contribution in [3.8, 4) is 0 Å². The number of aromatic carboxylic acids is 1. The average molecular weight is 318 g/mol. The normalized spacial score (nSPS) is 11.3. The molecule has 0 aliphatic heterocycles. The highest BCUT2D eigenvalue weighted by Gasteiger charge is 2.20. The molecule has 0 saturated heterocycles. The van der Waals surface area contributed by atoms with Gasteiger partial charge >= 0.3 is 12.1 Å². The molecule has 1 rings (SSSR count). The number of ether oxygens (including phenoxy) is 1. The molecule has 18 heavy (non-hydrogen) atoms. The van der Waals surface area contributed by atoms with Crippen molar-refractivity contribution in [3.05, 3.63) is 22.4 Å². The van der Waals surface area contributed by atoms with Crippen LogP contribution in [0.1, 0.15) is 37.7 Å². The van der Waals surface area contributed by atoms with E-state index in [1.54, 1.807) is 0 Å². The number of hydrogen-bond acceptors (Lipinski definition) is 3. The summed E-state index contributed by atoms with van der Waals surface area (Å²) in [6.07, 6.45) is 0.0218. The lowest BCUT2D eigenvalue weighted by Crippen LogP contribution is -2.21. The van der Waals surface area contributed by atoms with Crippen LogP contribution in [0, 0.1) is 5.41 Å². The lowest BCUT2D eigenvalue weighted by molar-refractivity contribution is 0.0679. The molecule has 6 heteroatoms. The van der Waals surface area contributed by atoms with Crippen molar-refractivity contribution >= 4 is 28.0 Å². The number of halogens is 1. The zero-order valence-corrected chi connectivity index (χ0v) is 12.2. The Labute approximate surface area is 114 Å². The second kappa shape index (κ2) is 5.56. The summed E-state index contributed by atoms with van der Waals surface area (Å²) in [5.41, 5.74) is -0.0632. The Balaban J connectivity index is 2.73. The van der Waals surface area contributed by atoms with E-state index >= 15 is 0 Å². The first-order chi connectivity index (χ1) is 8.22. The summed E-state index contributed by atoms with van der Waals surface area (Å²) >= 11 is 3.12. The van der Waals surface area contributed by atoms with Gasteiger partial charge in [0.1, 0.15) is 5.69 Å². The number of aromatic nitrogens is 1. The number of carboxylic acids is 1. The predicted octanol–water partition coefficient (Wildman–Crippen LogP) is 3.37. The summed E-state index contributed by atoms with van der Waals surface area (Å²) in [5, 5.41) is 8.93. The second-order valence-corrected chi connectivity index (χ2v) is 5.92. The molecule has 0 bridgehead atoms. The van der Waals surface area contributed by atoms with E-state index in [0.29, 0.717) is 11.0 Å². The van der Waals surface area contributed by atoms with Gasteiger partial charge in [-0.25, -0.2) is 14.2 Å². The van der Waals surface area contributed by atoms with Crippen LogP contribution < -0.4 is 0 Å². The topological polar surface area (TPSA) is 68.5 Å². The van der Waals surface area contributed by atoms with Crippen LogP contribution in [-0.4, -0.2) is 28.3 Å². The third-order valence-electron chi connectivity index (χ3n) is 2.31. The van der Waals surface area contributed by atoms with Gasteiger partial charge in [-0.2, -0.15) is 0 Å². The molecule has 0 spiro atoms. The van der Waals surface area contributed by atoms with E-state index in [4.69, 9.17) is 9.84 Å². The SMILES string of the molecule is CC(C)(C)CCOC(=O)n1c(Br)ccc1C(=O)O. The molecule has 0 amide bonds. The Hall–Kier alpha value is -1.30. The molecule has 1 N–H and O–H groups in total. The fourth-order valence-electron chi connectivity index (χ4n) is 1.27. The first-order valence-electron chi connectivity index (χ1n) is 5.50. The number of nitrogens with zero attached hydrogens (tertiary/aromatic N) is 1. The zero-order chi connectivity index (χ0) is 13.9. The van der Waals surface area contributed by atoms with Crippen LogP contribution in [0.4, 0.5) is 4.79 Å². The lowest BCUT2D eigenvalue weighted by Gasteiger charge is -2.17. The molecule has 0 aliphatic rings. The minimum absolute atomic E-state index is 0.0594. The predicted molar refractivity (Wildman–Crippen MR) is 69.9 cm³/mol. The molecule has 0 aliphatic carbocycles. The van der Waals surface area contributed by atoms with Crippen molar-refractivity contribution in [2.24, 2.45) is 5.41 Å². The van der Waals surface area contributed by atoms with Crippen LogP contribution in [0.2, 0.25) is 0 Å². The summed E-state index contributed by atoms with van der Waals surface area (Å²) < 4.78 is 6.42. The van der Waals surface area contributed by atoms with Gasteiger partial charge in [-0.15, -0.1) is 0 Å². The van der Waals surface area contributed by atoms with Gasteiger partial charge in [-0.3, -0.25) is 0 Å². The van der Waals surface area contributed by atoms with Crippen molar-refractivity contribution in [2.75, 3.05) is 6.61 Å². The highest BCUT2D eigenvalue weighted by Crippen LogP contribution is 2.19. The maximum Gasteiger partial charge on any atom is 0.419 e. The van der Waals surface area contributed by atoms with Crippen LogP contribution in [0.15, 0.2) is 16.7 Å². The molecular formula is C12H16BrNO4. The number of carbonyl (C=O) groups is 2. The van der Waals surface area contributed by atoms with Crippen molar-refractivity contribution in [2.45, 2.75) is 27.2 Å². The Morgan fingerprint density at radius 2 is 2.00 bits per heavy atom. The van der Waals surface area contributed by atoms with E-state index < -0.39 is 12.1 Å². The Morgan fingerprint density at radius 3 is 2.50 bits per heavy atom. The smallest absolute Gasteiger partial charge is 0.419 e. The summed E-state index contributed by atoms with van der Waals surface area (Å²) in [6, 6.07) is 2.84.